The van der Waals surface area contributed by atoms with E-state index in [2.05, 4.69) is 0 Å². The Morgan fingerprint density at radius 3 is 2.52 bits per heavy atom. The average Bonchev–Trinajstić information content (AvgIpc) is 2.77. The summed E-state index contributed by atoms with van der Waals surface area (Å²) in [7, 11) is 1.45. The number of nitro benzene ring substituents is 1. The minimum Gasteiger partial charge on any atom is -0.496 e. The van der Waals surface area contributed by atoms with E-state index in [1.54, 1.807) is 30.3 Å². The van der Waals surface area contributed by atoms with Crippen molar-refractivity contribution in [1.82, 2.24) is 0 Å². The number of carbonyl (C=O) groups excluding carboxylic acids is 2. The lowest BCUT2D eigenvalue weighted by molar-refractivity contribution is -0.384. The summed E-state index contributed by atoms with van der Waals surface area (Å²) < 4.78 is 10.2. The van der Waals surface area contributed by atoms with Crippen molar-refractivity contribution in [3.05, 3.63) is 63.7 Å². The number of rotatable bonds is 7. The highest BCUT2D eigenvalue weighted by molar-refractivity contribution is 6.01. The zero-order valence-electron chi connectivity index (χ0n) is 16.1. The number of Topliss-reactive ketones (excluding diaryl/α,β-unsaturated/α-hetero) is 1. The number of hydrogen-bond donors (Lipinski definition) is 0. The zero-order chi connectivity index (χ0) is 20.8. The molecule has 0 aromatic heterocycles. The molecule has 1 aliphatic rings. The van der Waals surface area contributed by atoms with Gasteiger partial charge < -0.3 is 14.4 Å². The smallest absolute Gasteiger partial charge is 0.338 e. The predicted octanol–water partition coefficient (Wildman–Crippen LogP) is 3.63. The largest absolute Gasteiger partial charge is 0.496 e. The Kier molecular flexibility index (Phi) is 6.43. The van der Waals surface area contributed by atoms with E-state index in [1.807, 2.05) is 4.90 Å². The summed E-state index contributed by atoms with van der Waals surface area (Å²) in [6.45, 7) is 1.01. The molecule has 0 amide bonds. The van der Waals surface area contributed by atoms with E-state index >= 15 is 0 Å². The number of esters is 1. The third-order valence-electron chi connectivity index (χ3n) is 4.85. The molecule has 152 valence electrons. The summed E-state index contributed by atoms with van der Waals surface area (Å²) in [5.74, 6) is -0.827. The molecule has 0 aliphatic carbocycles. The van der Waals surface area contributed by atoms with Crippen LogP contribution in [0, 0.1) is 10.1 Å². The van der Waals surface area contributed by atoms with Gasteiger partial charge in [-0.15, -0.1) is 0 Å². The van der Waals surface area contributed by atoms with Gasteiger partial charge >= 0.3 is 5.97 Å². The second-order valence-electron chi connectivity index (χ2n) is 6.71. The lowest BCUT2D eigenvalue weighted by Gasteiger charge is -2.28. The monoisotopic (exact) mass is 398 g/mol. The molecule has 1 saturated heterocycles. The van der Waals surface area contributed by atoms with E-state index in [0.717, 1.165) is 32.4 Å². The molecule has 2 aromatic carbocycles. The third-order valence-corrected chi connectivity index (χ3v) is 4.85. The van der Waals surface area contributed by atoms with Crippen LogP contribution >= 0.6 is 0 Å². The van der Waals surface area contributed by atoms with Gasteiger partial charge in [0.15, 0.2) is 6.61 Å². The van der Waals surface area contributed by atoms with Crippen molar-refractivity contribution in [3.8, 4) is 5.75 Å². The molecule has 0 bridgehead atoms. The quantitative estimate of drug-likeness (QED) is 0.304. The van der Waals surface area contributed by atoms with Gasteiger partial charge in [0, 0.05) is 19.2 Å². The Morgan fingerprint density at radius 1 is 1.10 bits per heavy atom. The number of ether oxygens (including phenoxy) is 2. The van der Waals surface area contributed by atoms with Crippen LogP contribution in [0.3, 0.4) is 0 Å². The van der Waals surface area contributed by atoms with Crippen LogP contribution < -0.4 is 9.64 Å². The Bertz CT molecular complexity index is 921. The first-order valence-electron chi connectivity index (χ1n) is 9.38. The SMILES string of the molecule is COc1ccccc1C(=O)COC(=O)c1ccc(N2CCCCC2)c([N+](=O)[O-])c1. The lowest BCUT2D eigenvalue weighted by atomic mass is 10.1. The van der Waals surface area contributed by atoms with Gasteiger partial charge in [0.1, 0.15) is 11.4 Å². The molecule has 1 fully saturated rings. The molecule has 0 atom stereocenters. The van der Waals surface area contributed by atoms with Crippen molar-refractivity contribution in [2.45, 2.75) is 19.3 Å². The van der Waals surface area contributed by atoms with Crippen molar-refractivity contribution in [3.63, 3.8) is 0 Å². The molecule has 3 rings (SSSR count). The Hall–Kier alpha value is -3.42. The summed E-state index contributed by atoms with van der Waals surface area (Å²) in [6.07, 6.45) is 3.06. The minimum absolute atomic E-state index is 0.0327. The van der Waals surface area contributed by atoms with E-state index in [-0.39, 0.29) is 11.3 Å². The van der Waals surface area contributed by atoms with Gasteiger partial charge in [-0.2, -0.15) is 0 Å². The van der Waals surface area contributed by atoms with Crippen molar-refractivity contribution >= 4 is 23.1 Å². The van der Waals surface area contributed by atoms with Crippen molar-refractivity contribution in [2.75, 3.05) is 31.7 Å². The van der Waals surface area contributed by atoms with Crippen LogP contribution in [0.2, 0.25) is 0 Å². The number of hydrogen-bond acceptors (Lipinski definition) is 7. The number of piperidine rings is 1. The van der Waals surface area contributed by atoms with Crippen molar-refractivity contribution in [1.29, 1.82) is 0 Å². The van der Waals surface area contributed by atoms with Gasteiger partial charge in [-0.3, -0.25) is 14.9 Å². The average molecular weight is 398 g/mol. The molecule has 1 aliphatic heterocycles. The topological polar surface area (TPSA) is 99.0 Å². The first kappa shape index (κ1) is 20.3. The standard InChI is InChI=1S/C21H22N2O6/c1-28-20-8-4-3-7-16(20)19(24)14-29-21(25)15-9-10-17(18(13-15)23(26)27)22-11-5-2-6-12-22/h3-4,7-10,13H,2,5-6,11-12,14H2,1H3. The molecule has 8 heteroatoms. The fourth-order valence-corrected chi connectivity index (χ4v) is 3.37. The number of benzene rings is 2. The van der Waals surface area contributed by atoms with E-state index in [1.165, 1.54) is 19.2 Å². The van der Waals surface area contributed by atoms with Crippen LogP contribution in [0.15, 0.2) is 42.5 Å². The first-order chi connectivity index (χ1) is 14.0. The molecule has 0 saturated carbocycles. The predicted molar refractivity (Wildman–Crippen MR) is 107 cm³/mol. The summed E-state index contributed by atoms with van der Waals surface area (Å²) in [6, 6.07) is 10.9. The van der Waals surface area contributed by atoms with Gasteiger partial charge in [0.25, 0.3) is 5.69 Å². The lowest BCUT2D eigenvalue weighted by Crippen LogP contribution is -2.30. The first-order valence-corrected chi connectivity index (χ1v) is 9.38. The highest BCUT2D eigenvalue weighted by Gasteiger charge is 2.24. The van der Waals surface area contributed by atoms with Gasteiger partial charge in [-0.05, 0) is 43.5 Å². The van der Waals surface area contributed by atoms with Gasteiger partial charge in [0.2, 0.25) is 5.78 Å². The number of methoxy groups -OCH3 is 1. The van der Waals surface area contributed by atoms with Gasteiger partial charge in [-0.25, -0.2) is 4.79 Å². The molecule has 0 unspecified atom stereocenters. The molecule has 0 spiro atoms. The number of ketones is 1. The summed E-state index contributed by atoms with van der Waals surface area (Å²) in [4.78, 5) is 37.7. The maximum Gasteiger partial charge on any atom is 0.338 e. The molecule has 29 heavy (non-hydrogen) atoms. The molecule has 2 aromatic rings. The number of anilines is 1. The number of para-hydroxylation sites is 1. The molecule has 1 heterocycles. The normalized spacial score (nSPS) is 13.6. The summed E-state index contributed by atoms with van der Waals surface area (Å²) in [5, 5.41) is 11.5. The van der Waals surface area contributed by atoms with Gasteiger partial charge in [0.05, 0.1) is 23.2 Å². The van der Waals surface area contributed by atoms with Crippen molar-refractivity contribution < 1.29 is 24.0 Å². The van der Waals surface area contributed by atoms with E-state index in [9.17, 15) is 19.7 Å². The Labute approximate surface area is 168 Å². The number of carbonyl (C=O) groups is 2. The molecular formula is C21H22N2O6. The highest BCUT2D eigenvalue weighted by Crippen LogP contribution is 2.31. The van der Waals surface area contributed by atoms with Crippen LogP contribution in [0.4, 0.5) is 11.4 Å². The second-order valence-corrected chi connectivity index (χ2v) is 6.71. The maximum atomic E-state index is 12.4. The number of nitro groups is 1. The van der Waals surface area contributed by atoms with Crippen LogP contribution in [0.5, 0.6) is 5.75 Å². The number of nitrogens with zero attached hydrogens (tertiary/aromatic N) is 2. The fourth-order valence-electron chi connectivity index (χ4n) is 3.37. The zero-order valence-corrected chi connectivity index (χ0v) is 16.1. The minimum atomic E-state index is -0.790. The van der Waals surface area contributed by atoms with Crippen LogP contribution in [-0.2, 0) is 4.74 Å². The molecule has 0 N–H and O–H groups in total. The van der Waals surface area contributed by atoms with Crippen LogP contribution in [0.1, 0.15) is 40.0 Å². The Balaban J connectivity index is 1.73. The fraction of sp³-hybridized carbons (Fsp3) is 0.333. The summed E-state index contributed by atoms with van der Waals surface area (Å²) >= 11 is 0. The van der Waals surface area contributed by atoms with E-state index in [0.29, 0.717) is 17.0 Å². The Morgan fingerprint density at radius 2 is 1.83 bits per heavy atom. The molecular weight excluding hydrogens is 376 g/mol. The molecule has 8 nitrogen and oxygen atoms in total. The second kappa shape index (κ2) is 9.18. The van der Waals surface area contributed by atoms with Crippen molar-refractivity contribution in [2.24, 2.45) is 0 Å². The molecule has 0 radical (unpaired) electrons. The van der Waals surface area contributed by atoms with Crippen LogP contribution in [0.25, 0.3) is 0 Å². The van der Waals surface area contributed by atoms with Crippen LogP contribution in [-0.4, -0.2) is 43.5 Å². The highest BCUT2D eigenvalue weighted by atomic mass is 16.6. The van der Waals surface area contributed by atoms with E-state index < -0.39 is 23.3 Å². The van der Waals surface area contributed by atoms with Gasteiger partial charge in [-0.1, -0.05) is 12.1 Å². The van der Waals surface area contributed by atoms with E-state index in [4.69, 9.17) is 9.47 Å². The third kappa shape index (κ3) is 4.71. The summed E-state index contributed by atoms with van der Waals surface area (Å²) in [5.41, 5.74) is 0.688. The maximum absolute atomic E-state index is 12.4.